The number of aryl methyl sites for hydroxylation is 1. The molecule has 25 heavy (non-hydrogen) atoms. The van der Waals surface area contributed by atoms with Crippen LogP contribution < -0.4 is 0 Å². The van der Waals surface area contributed by atoms with Crippen molar-refractivity contribution in [1.82, 2.24) is 14.5 Å². The molecule has 2 atom stereocenters. The summed E-state index contributed by atoms with van der Waals surface area (Å²) in [6, 6.07) is 9.09. The predicted molar refractivity (Wildman–Crippen MR) is 92.5 cm³/mol. The van der Waals surface area contributed by atoms with E-state index in [1.54, 1.807) is 18.2 Å². The first-order valence-corrected chi connectivity index (χ1v) is 8.51. The molecule has 6 heteroatoms. The minimum Gasteiger partial charge on any atom is -0.467 e. The smallest absolute Gasteiger partial charge is 0.328 e. The summed E-state index contributed by atoms with van der Waals surface area (Å²) in [5, 5.41) is 0. The second kappa shape index (κ2) is 7.51. The van der Waals surface area contributed by atoms with Crippen LogP contribution in [0.3, 0.4) is 0 Å². The number of nitrogens with zero attached hydrogens (tertiary/aromatic N) is 3. The summed E-state index contributed by atoms with van der Waals surface area (Å²) in [6.07, 6.45) is 5.01. The molecule has 0 saturated heterocycles. The maximum atomic E-state index is 13.2. The van der Waals surface area contributed by atoms with Gasteiger partial charge < -0.3 is 14.2 Å². The molecule has 0 fully saturated rings. The Morgan fingerprint density at radius 3 is 2.84 bits per heavy atom. The fourth-order valence-electron chi connectivity index (χ4n) is 3.30. The number of aromatic nitrogens is 2. The Morgan fingerprint density at radius 1 is 1.36 bits per heavy atom. The summed E-state index contributed by atoms with van der Waals surface area (Å²) < 4.78 is 6.94. The average molecular weight is 341 g/mol. The summed E-state index contributed by atoms with van der Waals surface area (Å²) >= 11 is 0. The lowest BCUT2D eigenvalue weighted by atomic mass is 9.94. The zero-order valence-corrected chi connectivity index (χ0v) is 14.6. The van der Waals surface area contributed by atoms with Crippen LogP contribution in [0, 0.1) is 5.92 Å². The van der Waals surface area contributed by atoms with Gasteiger partial charge in [-0.25, -0.2) is 9.78 Å². The number of amides is 1. The van der Waals surface area contributed by atoms with E-state index in [0.29, 0.717) is 13.0 Å². The molecular formula is C19H23N3O3. The van der Waals surface area contributed by atoms with Gasteiger partial charge in [-0.1, -0.05) is 30.3 Å². The molecular weight excluding hydrogens is 318 g/mol. The summed E-state index contributed by atoms with van der Waals surface area (Å²) in [4.78, 5) is 31.0. The van der Waals surface area contributed by atoms with Crippen molar-refractivity contribution >= 4 is 11.9 Å². The van der Waals surface area contributed by atoms with Gasteiger partial charge in [0.1, 0.15) is 6.04 Å². The van der Waals surface area contributed by atoms with Gasteiger partial charge in [-0.2, -0.15) is 0 Å². The normalized spacial score (nSPS) is 17.4. The van der Waals surface area contributed by atoms with E-state index in [1.807, 2.05) is 36.5 Å². The van der Waals surface area contributed by atoms with Gasteiger partial charge in [-0.05, 0) is 18.9 Å². The summed E-state index contributed by atoms with van der Waals surface area (Å²) in [5.41, 5.74) is 2.06. The lowest BCUT2D eigenvalue weighted by Gasteiger charge is -2.33. The van der Waals surface area contributed by atoms with Crippen LogP contribution in [0.2, 0.25) is 0 Å². The monoisotopic (exact) mass is 341 g/mol. The third kappa shape index (κ3) is 3.73. The Kier molecular flexibility index (Phi) is 5.16. The Balaban J connectivity index is 1.80. The standard InChI is InChI=1S/C19H23N3O3/c1-14(19(24)25-2)22(12-15-6-4-3-5-7-15)18(23)16-8-9-21-13-20-11-17(21)10-16/h3-7,11,13-14,16H,8-10,12H2,1-2H3/t14-,16-/m0/s1. The fraction of sp³-hybridized carbons (Fsp3) is 0.421. The highest BCUT2D eigenvalue weighted by Crippen LogP contribution is 2.24. The van der Waals surface area contributed by atoms with E-state index >= 15 is 0 Å². The minimum atomic E-state index is -0.621. The molecule has 0 aliphatic carbocycles. The van der Waals surface area contributed by atoms with Gasteiger partial charge in [0.25, 0.3) is 0 Å². The molecule has 6 nitrogen and oxygen atoms in total. The Bertz CT molecular complexity index is 741. The van der Waals surface area contributed by atoms with Gasteiger partial charge >= 0.3 is 5.97 Å². The summed E-state index contributed by atoms with van der Waals surface area (Å²) in [5.74, 6) is -0.542. The van der Waals surface area contributed by atoms with E-state index in [2.05, 4.69) is 9.55 Å². The molecule has 132 valence electrons. The highest BCUT2D eigenvalue weighted by Gasteiger charge is 2.33. The predicted octanol–water partition coefficient (Wildman–Crippen LogP) is 2.04. The number of ether oxygens (including phenoxy) is 1. The van der Waals surface area contributed by atoms with E-state index in [1.165, 1.54) is 7.11 Å². The average Bonchev–Trinajstić information content (AvgIpc) is 3.13. The number of esters is 1. The summed E-state index contributed by atoms with van der Waals surface area (Å²) in [7, 11) is 1.35. The molecule has 0 radical (unpaired) electrons. The molecule has 0 spiro atoms. The van der Waals surface area contributed by atoms with E-state index in [9.17, 15) is 9.59 Å². The highest BCUT2D eigenvalue weighted by molar-refractivity contribution is 5.85. The van der Waals surface area contributed by atoms with Crippen LogP contribution in [-0.4, -0.2) is 39.5 Å². The van der Waals surface area contributed by atoms with Crippen LogP contribution >= 0.6 is 0 Å². The molecule has 2 aromatic rings. The quantitative estimate of drug-likeness (QED) is 0.781. The molecule has 2 heterocycles. The van der Waals surface area contributed by atoms with Gasteiger partial charge in [-0.15, -0.1) is 0 Å². The van der Waals surface area contributed by atoms with Crippen molar-refractivity contribution in [2.24, 2.45) is 5.92 Å². The third-order valence-corrected chi connectivity index (χ3v) is 4.81. The first kappa shape index (κ1) is 17.2. The zero-order valence-electron chi connectivity index (χ0n) is 14.6. The van der Waals surface area contributed by atoms with Crippen LogP contribution in [0.4, 0.5) is 0 Å². The molecule has 1 aliphatic rings. The first-order chi connectivity index (χ1) is 12.1. The van der Waals surface area contributed by atoms with Crippen LogP contribution in [0.1, 0.15) is 24.6 Å². The SMILES string of the molecule is COC(=O)[C@H](C)N(Cc1ccccc1)C(=O)[C@H]1CCn2cncc2C1. The molecule has 0 saturated carbocycles. The van der Waals surface area contributed by atoms with E-state index in [0.717, 1.165) is 24.2 Å². The Morgan fingerprint density at radius 2 is 2.12 bits per heavy atom. The lowest BCUT2D eigenvalue weighted by molar-refractivity contribution is -0.154. The van der Waals surface area contributed by atoms with Gasteiger partial charge in [0, 0.05) is 37.3 Å². The molecule has 3 rings (SSSR count). The minimum absolute atomic E-state index is 0.00537. The number of imidazole rings is 1. The van der Waals surface area contributed by atoms with Gasteiger partial charge in [-0.3, -0.25) is 4.79 Å². The number of carbonyl (C=O) groups excluding carboxylic acids is 2. The van der Waals surface area contributed by atoms with Crippen molar-refractivity contribution in [2.75, 3.05) is 7.11 Å². The van der Waals surface area contributed by atoms with Crippen LogP contribution in [0.15, 0.2) is 42.9 Å². The van der Waals surface area contributed by atoms with Crippen LogP contribution in [0.5, 0.6) is 0 Å². The number of hydrogen-bond acceptors (Lipinski definition) is 4. The van der Waals surface area contributed by atoms with Crippen molar-refractivity contribution in [2.45, 2.75) is 38.9 Å². The van der Waals surface area contributed by atoms with Crippen molar-refractivity contribution in [3.63, 3.8) is 0 Å². The number of rotatable bonds is 5. The summed E-state index contributed by atoms with van der Waals surface area (Å²) in [6.45, 7) is 2.89. The van der Waals surface area contributed by atoms with Crippen LogP contribution in [0.25, 0.3) is 0 Å². The van der Waals surface area contributed by atoms with Crippen molar-refractivity contribution in [3.8, 4) is 0 Å². The molecule has 1 amide bonds. The second-order valence-electron chi connectivity index (χ2n) is 6.42. The van der Waals surface area contributed by atoms with Crippen molar-refractivity contribution < 1.29 is 14.3 Å². The molecule has 1 aromatic carbocycles. The first-order valence-electron chi connectivity index (χ1n) is 8.51. The van der Waals surface area contributed by atoms with E-state index in [-0.39, 0.29) is 11.8 Å². The number of methoxy groups -OCH3 is 1. The molecule has 1 aliphatic heterocycles. The van der Waals surface area contributed by atoms with Crippen LogP contribution in [-0.2, 0) is 33.8 Å². The van der Waals surface area contributed by atoms with Gasteiger partial charge in [0.05, 0.1) is 13.4 Å². The Labute approximate surface area is 147 Å². The maximum Gasteiger partial charge on any atom is 0.328 e. The van der Waals surface area contributed by atoms with Gasteiger partial charge in [0.15, 0.2) is 0 Å². The number of carbonyl (C=O) groups is 2. The zero-order chi connectivity index (χ0) is 17.8. The molecule has 0 N–H and O–H groups in total. The van der Waals surface area contributed by atoms with Crippen molar-refractivity contribution in [3.05, 3.63) is 54.1 Å². The number of hydrogen-bond donors (Lipinski definition) is 0. The second-order valence-corrected chi connectivity index (χ2v) is 6.42. The Hall–Kier alpha value is -2.63. The fourth-order valence-corrected chi connectivity index (χ4v) is 3.30. The lowest BCUT2D eigenvalue weighted by Crippen LogP contribution is -2.47. The number of benzene rings is 1. The van der Waals surface area contributed by atoms with E-state index in [4.69, 9.17) is 4.74 Å². The number of fused-ring (bicyclic) bond motifs is 1. The molecule has 0 unspecified atom stereocenters. The maximum absolute atomic E-state index is 13.2. The largest absolute Gasteiger partial charge is 0.467 e. The van der Waals surface area contributed by atoms with E-state index < -0.39 is 12.0 Å². The molecule has 1 aromatic heterocycles. The third-order valence-electron chi connectivity index (χ3n) is 4.81. The topological polar surface area (TPSA) is 64.4 Å². The van der Waals surface area contributed by atoms with Crippen molar-refractivity contribution in [1.29, 1.82) is 0 Å². The highest BCUT2D eigenvalue weighted by atomic mass is 16.5. The molecule has 0 bridgehead atoms. The van der Waals surface area contributed by atoms with Gasteiger partial charge in [0.2, 0.25) is 5.91 Å².